The lowest BCUT2D eigenvalue weighted by molar-refractivity contribution is -0.113. The number of H-pyrrole nitrogens is 1. The Bertz CT molecular complexity index is 923. The molecule has 2 N–H and O–H groups in total. The average Bonchev–Trinajstić information content (AvgIpc) is 3.06. The van der Waals surface area contributed by atoms with E-state index in [4.69, 9.17) is 46.4 Å². The van der Waals surface area contributed by atoms with Crippen molar-refractivity contribution < 1.29 is 4.79 Å². The molecule has 0 radical (unpaired) electrons. The van der Waals surface area contributed by atoms with Crippen molar-refractivity contribution in [2.75, 3.05) is 11.1 Å². The molecule has 0 fully saturated rings. The van der Waals surface area contributed by atoms with Crippen molar-refractivity contribution in [2.45, 2.75) is 5.16 Å². The van der Waals surface area contributed by atoms with Gasteiger partial charge in [-0.2, -0.15) is 0 Å². The van der Waals surface area contributed by atoms with Crippen LogP contribution in [0.5, 0.6) is 0 Å². The molecule has 1 heterocycles. The zero-order valence-electron chi connectivity index (χ0n) is 12.9. The van der Waals surface area contributed by atoms with Gasteiger partial charge in [0.05, 0.1) is 21.5 Å². The first kappa shape index (κ1) is 19.3. The van der Waals surface area contributed by atoms with Gasteiger partial charge in [0.2, 0.25) is 11.1 Å². The molecule has 5 nitrogen and oxygen atoms in total. The summed E-state index contributed by atoms with van der Waals surface area (Å²) in [5, 5.41) is 11.6. The fourth-order valence-corrected chi connectivity index (χ4v) is 3.65. The Morgan fingerprint density at radius 3 is 2.35 bits per heavy atom. The number of nitrogens with one attached hydrogen (secondary N) is 2. The molecule has 10 heteroatoms. The molecule has 1 aromatic heterocycles. The summed E-state index contributed by atoms with van der Waals surface area (Å²) in [6.07, 6.45) is 0. The van der Waals surface area contributed by atoms with Crippen LogP contribution in [0.2, 0.25) is 20.1 Å². The van der Waals surface area contributed by atoms with Crippen LogP contribution < -0.4 is 5.32 Å². The van der Waals surface area contributed by atoms with E-state index < -0.39 is 0 Å². The molecule has 0 bridgehead atoms. The minimum atomic E-state index is -0.293. The molecule has 26 heavy (non-hydrogen) atoms. The number of rotatable bonds is 5. The molecule has 1 amide bonds. The second-order valence-corrected chi connectivity index (χ2v) is 7.68. The number of anilines is 1. The van der Waals surface area contributed by atoms with Gasteiger partial charge >= 0.3 is 0 Å². The van der Waals surface area contributed by atoms with Gasteiger partial charge < -0.3 is 5.32 Å². The summed E-state index contributed by atoms with van der Waals surface area (Å²) >= 11 is 25.0. The van der Waals surface area contributed by atoms with Crippen LogP contribution in [-0.2, 0) is 4.79 Å². The molecule has 0 atom stereocenters. The van der Waals surface area contributed by atoms with Gasteiger partial charge in [-0.05, 0) is 36.4 Å². The normalized spacial score (nSPS) is 10.8. The number of aromatic amines is 1. The minimum Gasteiger partial charge on any atom is -0.323 e. The second kappa shape index (κ2) is 8.50. The highest BCUT2D eigenvalue weighted by atomic mass is 35.5. The number of carbonyl (C=O) groups excluding carboxylic acids is 1. The Morgan fingerprint density at radius 1 is 1.04 bits per heavy atom. The maximum atomic E-state index is 12.1. The highest BCUT2D eigenvalue weighted by Crippen LogP contribution is 2.33. The number of hydrogen-bond donors (Lipinski definition) is 2. The Balaban J connectivity index is 1.61. The average molecular weight is 448 g/mol. The van der Waals surface area contributed by atoms with Gasteiger partial charge in [-0.25, -0.2) is 4.98 Å². The molecule has 0 aliphatic rings. The zero-order chi connectivity index (χ0) is 18.7. The van der Waals surface area contributed by atoms with Crippen molar-refractivity contribution in [3.05, 3.63) is 56.5 Å². The number of amides is 1. The SMILES string of the molecule is O=C(CSc1n[nH]c(-c2ccc(Cl)cc2)n1)Nc1c(Cl)cc(Cl)cc1Cl. The number of hydrogen-bond acceptors (Lipinski definition) is 4. The molecule has 0 saturated heterocycles. The molecule has 0 aliphatic carbocycles. The number of nitrogens with zero attached hydrogens (tertiary/aromatic N) is 2. The first-order valence-electron chi connectivity index (χ1n) is 7.18. The molecular weight excluding hydrogens is 438 g/mol. The van der Waals surface area contributed by atoms with Crippen molar-refractivity contribution in [3.63, 3.8) is 0 Å². The summed E-state index contributed by atoms with van der Waals surface area (Å²) in [6, 6.07) is 10.2. The van der Waals surface area contributed by atoms with E-state index in [0.29, 0.717) is 26.7 Å². The maximum Gasteiger partial charge on any atom is 0.234 e. The summed E-state index contributed by atoms with van der Waals surface area (Å²) in [5.41, 5.74) is 1.16. The molecular formula is C16H10Cl4N4OS. The van der Waals surface area contributed by atoms with Gasteiger partial charge in [-0.1, -0.05) is 58.2 Å². The largest absolute Gasteiger partial charge is 0.323 e. The molecule has 0 unspecified atom stereocenters. The lowest BCUT2D eigenvalue weighted by Gasteiger charge is -2.09. The van der Waals surface area contributed by atoms with Crippen molar-refractivity contribution in [2.24, 2.45) is 0 Å². The van der Waals surface area contributed by atoms with E-state index in [0.717, 1.165) is 5.56 Å². The van der Waals surface area contributed by atoms with Gasteiger partial charge in [0, 0.05) is 15.6 Å². The first-order valence-corrected chi connectivity index (χ1v) is 9.67. The van der Waals surface area contributed by atoms with Gasteiger partial charge in [0.15, 0.2) is 5.82 Å². The van der Waals surface area contributed by atoms with E-state index in [-0.39, 0.29) is 21.7 Å². The number of aromatic nitrogens is 3. The predicted molar refractivity (Wildman–Crippen MR) is 108 cm³/mol. The van der Waals surface area contributed by atoms with Crippen molar-refractivity contribution in [1.29, 1.82) is 0 Å². The highest BCUT2D eigenvalue weighted by molar-refractivity contribution is 7.99. The fourth-order valence-electron chi connectivity index (χ4n) is 2.02. The topological polar surface area (TPSA) is 70.7 Å². The number of halogens is 4. The molecule has 134 valence electrons. The molecule has 0 aliphatic heterocycles. The van der Waals surface area contributed by atoms with Crippen molar-refractivity contribution in [3.8, 4) is 11.4 Å². The Labute approximate surface area is 173 Å². The molecule has 0 spiro atoms. The van der Waals surface area contributed by atoms with E-state index in [2.05, 4.69) is 20.5 Å². The molecule has 3 aromatic rings. The third kappa shape index (κ3) is 4.84. The highest BCUT2D eigenvalue weighted by Gasteiger charge is 2.13. The smallest absolute Gasteiger partial charge is 0.234 e. The van der Waals surface area contributed by atoms with E-state index >= 15 is 0 Å². The fraction of sp³-hybridized carbons (Fsp3) is 0.0625. The summed E-state index contributed by atoms with van der Waals surface area (Å²) < 4.78 is 0. The number of benzene rings is 2. The van der Waals surface area contributed by atoms with Crippen molar-refractivity contribution >= 4 is 69.8 Å². The number of thioether (sulfide) groups is 1. The van der Waals surface area contributed by atoms with Crippen LogP contribution in [0.15, 0.2) is 41.6 Å². The van der Waals surface area contributed by atoms with Crippen LogP contribution in [0.25, 0.3) is 11.4 Å². The molecule has 3 rings (SSSR count). The molecule has 2 aromatic carbocycles. The van der Waals surface area contributed by atoms with E-state index in [1.807, 2.05) is 12.1 Å². The molecule has 0 saturated carbocycles. The quantitative estimate of drug-likeness (QED) is 0.483. The van der Waals surface area contributed by atoms with E-state index in [1.54, 1.807) is 12.1 Å². The third-order valence-corrected chi connectivity index (χ3v) is 5.10. The van der Waals surface area contributed by atoms with E-state index in [1.165, 1.54) is 23.9 Å². The maximum absolute atomic E-state index is 12.1. The Morgan fingerprint density at radius 2 is 1.69 bits per heavy atom. The zero-order valence-corrected chi connectivity index (χ0v) is 16.7. The second-order valence-electron chi connectivity index (χ2n) is 5.05. The van der Waals surface area contributed by atoms with Gasteiger partial charge in [0.25, 0.3) is 0 Å². The summed E-state index contributed by atoms with van der Waals surface area (Å²) in [4.78, 5) is 16.5. The van der Waals surface area contributed by atoms with Crippen LogP contribution in [0.1, 0.15) is 0 Å². The minimum absolute atomic E-state index is 0.0905. The van der Waals surface area contributed by atoms with Crippen LogP contribution in [-0.4, -0.2) is 26.8 Å². The van der Waals surface area contributed by atoms with Crippen LogP contribution in [0.4, 0.5) is 5.69 Å². The van der Waals surface area contributed by atoms with Gasteiger partial charge in [0.1, 0.15) is 0 Å². The van der Waals surface area contributed by atoms with Crippen molar-refractivity contribution in [1.82, 2.24) is 15.2 Å². The van der Waals surface area contributed by atoms with Gasteiger partial charge in [-0.15, -0.1) is 5.10 Å². The van der Waals surface area contributed by atoms with Crippen LogP contribution in [0, 0.1) is 0 Å². The summed E-state index contributed by atoms with van der Waals surface area (Å²) in [5.74, 6) is 0.389. The Hall–Kier alpha value is -1.44. The van der Waals surface area contributed by atoms with Crippen LogP contribution in [0.3, 0.4) is 0 Å². The predicted octanol–water partition coefficient (Wildman–Crippen LogP) is 5.82. The lowest BCUT2D eigenvalue weighted by atomic mass is 10.2. The standard InChI is InChI=1S/C16H10Cl4N4OS/c17-9-3-1-8(2-4-9)15-22-16(24-23-15)26-7-13(25)21-14-11(19)5-10(18)6-12(14)20/h1-6H,7H2,(H,21,25)(H,22,23,24). The van der Waals surface area contributed by atoms with Crippen LogP contribution >= 0.6 is 58.2 Å². The van der Waals surface area contributed by atoms with Gasteiger partial charge in [-0.3, -0.25) is 9.89 Å². The monoisotopic (exact) mass is 446 g/mol. The third-order valence-electron chi connectivity index (χ3n) is 3.19. The van der Waals surface area contributed by atoms with E-state index in [9.17, 15) is 4.79 Å². The summed E-state index contributed by atoms with van der Waals surface area (Å²) in [7, 11) is 0. The summed E-state index contributed by atoms with van der Waals surface area (Å²) in [6.45, 7) is 0. The lowest BCUT2D eigenvalue weighted by Crippen LogP contribution is -2.14. The Kier molecular flexibility index (Phi) is 6.32. The first-order chi connectivity index (χ1) is 12.4. The number of carbonyl (C=O) groups is 1.